The van der Waals surface area contributed by atoms with Crippen LogP contribution in [0.4, 0.5) is 0 Å². The fourth-order valence-corrected chi connectivity index (χ4v) is 0.679. The first-order chi connectivity index (χ1) is 5.31. The Morgan fingerprint density at radius 2 is 2.18 bits per heavy atom. The highest BCUT2D eigenvalue weighted by atomic mass is 16.1. The van der Waals surface area contributed by atoms with E-state index in [0.717, 1.165) is 19.5 Å². The van der Waals surface area contributed by atoms with Gasteiger partial charge < -0.3 is 16.4 Å². The summed E-state index contributed by atoms with van der Waals surface area (Å²) in [5.41, 5.74) is 5.28. The highest BCUT2D eigenvalue weighted by Crippen LogP contribution is 1.76. The quantitative estimate of drug-likeness (QED) is 0.438. The first kappa shape index (κ1) is 10.4. The first-order valence-corrected chi connectivity index (χ1v) is 3.92. The number of carbonyl (C=O) groups excluding carboxylic acids is 1. The summed E-state index contributed by atoms with van der Waals surface area (Å²) in [6.07, 6.45) is 1.51. The standard InChI is InChI=1S/C7H17N3O/c1-9-7(11)3-6-10-5-2-4-8/h10H,2-6,8H2,1H3,(H,9,11). The topological polar surface area (TPSA) is 67.2 Å². The van der Waals surface area contributed by atoms with Crippen molar-refractivity contribution in [3.05, 3.63) is 0 Å². The van der Waals surface area contributed by atoms with Crippen molar-refractivity contribution < 1.29 is 4.79 Å². The van der Waals surface area contributed by atoms with Crippen molar-refractivity contribution in [2.24, 2.45) is 5.73 Å². The highest BCUT2D eigenvalue weighted by molar-refractivity contribution is 5.75. The molecule has 0 saturated carbocycles. The lowest BCUT2D eigenvalue weighted by Crippen LogP contribution is -2.26. The summed E-state index contributed by atoms with van der Waals surface area (Å²) in [5, 5.41) is 5.66. The Bertz CT molecular complexity index is 106. The van der Waals surface area contributed by atoms with E-state index in [1.54, 1.807) is 7.05 Å². The molecule has 0 atom stereocenters. The summed E-state index contributed by atoms with van der Waals surface area (Å²) >= 11 is 0. The molecular weight excluding hydrogens is 142 g/mol. The molecule has 0 rings (SSSR count). The molecule has 1 amide bonds. The lowest BCUT2D eigenvalue weighted by Gasteiger charge is -2.01. The number of hydrogen-bond donors (Lipinski definition) is 3. The summed E-state index contributed by atoms with van der Waals surface area (Å²) in [5.74, 6) is 0.0743. The van der Waals surface area contributed by atoms with Crippen molar-refractivity contribution in [1.82, 2.24) is 10.6 Å². The third-order valence-corrected chi connectivity index (χ3v) is 1.37. The Labute approximate surface area is 67.5 Å². The van der Waals surface area contributed by atoms with E-state index in [0.29, 0.717) is 13.0 Å². The average molecular weight is 159 g/mol. The molecule has 11 heavy (non-hydrogen) atoms. The number of nitrogens with two attached hydrogens (primary N) is 1. The predicted octanol–water partition coefficient (Wildman–Crippen LogP) is -0.939. The molecule has 0 aliphatic heterocycles. The molecule has 0 aliphatic carbocycles. The van der Waals surface area contributed by atoms with Crippen LogP contribution in [0.3, 0.4) is 0 Å². The van der Waals surface area contributed by atoms with Crippen LogP contribution in [0.15, 0.2) is 0 Å². The molecule has 4 heteroatoms. The average Bonchev–Trinajstić information content (AvgIpc) is 2.04. The Morgan fingerprint density at radius 1 is 1.45 bits per heavy atom. The summed E-state index contributed by atoms with van der Waals surface area (Å²) in [6.45, 7) is 2.33. The number of hydrogen-bond acceptors (Lipinski definition) is 3. The second-order valence-electron chi connectivity index (χ2n) is 2.32. The van der Waals surface area contributed by atoms with Gasteiger partial charge in [0.2, 0.25) is 5.91 Å². The van der Waals surface area contributed by atoms with Crippen LogP contribution in [0.2, 0.25) is 0 Å². The lowest BCUT2D eigenvalue weighted by molar-refractivity contribution is -0.120. The number of nitrogens with one attached hydrogen (secondary N) is 2. The molecule has 0 heterocycles. The monoisotopic (exact) mass is 159 g/mol. The van der Waals surface area contributed by atoms with Crippen LogP contribution in [0.25, 0.3) is 0 Å². The maximum Gasteiger partial charge on any atom is 0.221 e. The normalized spacial score (nSPS) is 9.64. The maximum absolute atomic E-state index is 10.7. The van der Waals surface area contributed by atoms with Crippen molar-refractivity contribution in [1.29, 1.82) is 0 Å². The number of rotatable bonds is 6. The molecule has 4 N–H and O–H groups in total. The summed E-state index contributed by atoms with van der Waals surface area (Å²) in [7, 11) is 1.64. The minimum Gasteiger partial charge on any atom is -0.359 e. The van der Waals surface area contributed by atoms with E-state index in [-0.39, 0.29) is 5.91 Å². The minimum absolute atomic E-state index is 0.0743. The molecular formula is C7H17N3O. The van der Waals surface area contributed by atoms with Gasteiger partial charge >= 0.3 is 0 Å². The SMILES string of the molecule is CNC(=O)CCNCCCN. The molecule has 4 nitrogen and oxygen atoms in total. The van der Waals surface area contributed by atoms with Crippen LogP contribution < -0.4 is 16.4 Å². The van der Waals surface area contributed by atoms with Crippen molar-refractivity contribution >= 4 is 5.91 Å². The van der Waals surface area contributed by atoms with E-state index >= 15 is 0 Å². The van der Waals surface area contributed by atoms with Gasteiger partial charge in [-0.2, -0.15) is 0 Å². The van der Waals surface area contributed by atoms with Gasteiger partial charge in [-0.3, -0.25) is 4.79 Å². The molecule has 0 saturated heterocycles. The summed E-state index contributed by atoms with van der Waals surface area (Å²) in [6, 6.07) is 0. The van der Waals surface area contributed by atoms with Crippen molar-refractivity contribution in [2.45, 2.75) is 12.8 Å². The third-order valence-electron chi connectivity index (χ3n) is 1.37. The zero-order chi connectivity index (χ0) is 8.53. The zero-order valence-corrected chi connectivity index (χ0v) is 7.02. The van der Waals surface area contributed by atoms with Gasteiger partial charge in [0.1, 0.15) is 0 Å². The van der Waals surface area contributed by atoms with E-state index in [9.17, 15) is 4.79 Å². The van der Waals surface area contributed by atoms with E-state index in [1.165, 1.54) is 0 Å². The van der Waals surface area contributed by atoms with Gasteiger partial charge in [-0.1, -0.05) is 0 Å². The molecule has 0 aromatic heterocycles. The zero-order valence-electron chi connectivity index (χ0n) is 7.02. The Kier molecular flexibility index (Phi) is 7.08. The highest BCUT2D eigenvalue weighted by Gasteiger charge is 1.94. The number of amides is 1. The maximum atomic E-state index is 10.7. The van der Waals surface area contributed by atoms with Gasteiger partial charge in [0.25, 0.3) is 0 Å². The Hall–Kier alpha value is -0.610. The molecule has 0 fully saturated rings. The molecule has 66 valence electrons. The summed E-state index contributed by atoms with van der Waals surface area (Å²) in [4.78, 5) is 10.7. The molecule has 0 bridgehead atoms. The molecule has 0 aromatic rings. The second kappa shape index (κ2) is 7.50. The van der Waals surface area contributed by atoms with Gasteiger partial charge in [0, 0.05) is 20.0 Å². The predicted molar refractivity (Wildman–Crippen MR) is 45.2 cm³/mol. The van der Waals surface area contributed by atoms with Crippen LogP contribution in [0.5, 0.6) is 0 Å². The van der Waals surface area contributed by atoms with Crippen LogP contribution >= 0.6 is 0 Å². The Balaban J connectivity index is 2.95. The molecule has 0 aliphatic rings. The van der Waals surface area contributed by atoms with Crippen molar-refractivity contribution in [3.63, 3.8) is 0 Å². The largest absolute Gasteiger partial charge is 0.359 e. The third kappa shape index (κ3) is 7.29. The molecule has 0 radical (unpaired) electrons. The lowest BCUT2D eigenvalue weighted by atomic mass is 10.3. The fourth-order valence-electron chi connectivity index (χ4n) is 0.679. The van der Waals surface area contributed by atoms with Crippen molar-refractivity contribution in [3.8, 4) is 0 Å². The van der Waals surface area contributed by atoms with E-state index in [1.807, 2.05) is 0 Å². The van der Waals surface area contributed by atoms with Gasteiger partial charge in [0.05, 0.1) is 0 Å². The van der Waals surface area contributed by atoms with Gasteiger partial charge in [-0.15, -0.1) is 0 Å². The van der Waals surface area contributed by atoms with E-state index < -0.39 is 0 Å². The molecule has 0 spiro atoms. The van der Waals surface area contributed by atoms with Crippen LogP contribution in [0.1, 0.15) is 12.8 Å². The van der Waals surface area contributed by atoms with Crippen LogP contribution in [-0.2, 0) is 4.79 Å². The summed E-state index contributed by atoms with van der Waals surface area (Å²) < 4.78 is 0. The van der Waals surface area contributed by atoms with E-state index in [2.05, 4.69) is 10.6 Å². The molecule has 0 aromatic carbocycles. The van der Waals surface area contributed by atoms with Gasteiger partial charge in [0.15, 0.2) is 0 Å². The van der Waals surface area contributed by atoms with E-state index in [4.69, 9.17) is 5.73 Å². The second-order valence-corrected chi connectivity index (χ2v) is 2.32. The van der Waals surface area contributed by atoms with Crippen LogP contribution in [0, 0.1) is 0 Å². The number of carbonyl (C=O) groups is 1. The van der Waals surface area contributed by atoms with Crippen molar-refractivity contribution in [2.75, 3.05) is 26.7 Å². The van der Waals surface area contributed by atoms with Crippen LogP contribution in [-0.4, -0.2) is 32.6 Å². The smallest absolute Gasteiger partial charge is 0.221 e. The van der Waals surface area contributed by atoms with Gasteiger partial charge in [-0.05, 0) is 19.5 Å². The minimum atomic E-state index is 0.0743. The van der Waals surface area contributed by atoms with Gasteiger partial charge in [-0.25, -0.2) is 0 Å². The Morgan fingerprint density at radius 3 is 2.73 bits per heavy atom. The fraction of sp³-hybridized carbons (Fsp3) is 0.857. The molecule has 0 unspecified atom stereocenters. The first-order valence-electron chi connectivity index (χ1n) is 3.92.